The highest BCUT2D eigenvalue weighted by Crippen LogP contribution is 2.25. The molecule has 21 heavy (non-hydrogen) atoms. The second-order valence-electron chi connectivity index (χ2n) is 5.24. The van der Waals surface area contributed by atoms with Crippen LogP contribution >= 0.6 is 0 Å². The van der Waals surface area contributed by atoms with Gasteiger partial charge in [-0.05, 0) is 30.2 Å². The molecule has 0 bridgehead atoms. The Hall–Kier alpha value is -2.49. The first kappa shape index (κ1) is 14.9. The minimum absolute atomic E-state index is 0.242. The van der Waals surface area contributed by atoms with Gasteiger partial charge in [0, 0.05) is 5.69 Å². The van der Waals surface area contributed by atoms with Crippen molar-refractivity contribution in [3.8, 4) is 5.75 Å². The van der Waals surface area contributed by atoms with Crippen LogP contribution in [0.4, 0.5) is 11.4 Å². The van der Waals surface area contributed by atoms with E-state index in [0.29, 0.717) is 35.2 Å². The lowest BCUT2D eigenvalue weighted by molar-refractivity contribution is 0.102. The maximum atomic E-state index is 12.3. The third-order valence-electron chi connectivity index (χ3n) is 2.91. The average molecular weight is 284 g/mol. The lowest BCUT2D eigenvalue weighted by atomic mass is 10.1. The summed E-state index contributed by atoms with van der Waals surface area (Å²) >= 11 is 0. The first-order valence-electron chi connectivity index (χ1n) is 6.95. The monoisotopic (exact) mass is 284 g/mol. The fourth-order valence-corrected chi connectivity index (χ4v) is 1.85. The summed E-state index contributed by atoms with van der Waals surface area (Å²) in [5.74, 6) is 0.835. The van der Waals surface area contributed by atoms with Crippen molar-refractivity contribution in [2.45, 2.75) is 13.8 Å². The molecule has 0 fully saturated rings. The highest BCUT2D eigenvalue weighted by Gasteiger charge is 2.12. The average Bonchev–Trinajstić information content (AvgIpc) is 2.46. The van der Waals surface area contributed by atoms with Crippen LogP contribution in [0, 0.1) is 5.92 Å². The van der Waals surface area contributed by atoms with Crippen LogP contribution < -0.4 is 15.8 Å². The van der Waals surface area contributed by atoms with Gasteiger partial charge in [0.1, 0.15) is 5.75 Å². The van der Waals surface area contributed by atoms with Crippen molar-refractivity contribution in [3.05, 3.63) is 54.1 Å². The predicted octanol–water partition coefficient (Wildman–Crippen LogP) is 3.56. The highest BCUT2D eigenvalue weighted by atomic mass is 16.5. The zero-order valence-electron chi connectivity index (χ0n) is 12.3. The van der Waals surface area contributed by atoms with Gasteiger partial charge < -0.3 is 15.8 Å². The summed E-state index contributed by atoms with van der Waals surface area (Å²) in [4.78, 5) is 12.3. The van der Waals surface area contributed by atoms with Crippen molar-refractivity contribution in [2.24, 2.45) is 5.92 Å². The number of carbonyl (C=O) groups is 1. The van der Waals surface area contributed by atoms with Crippen molar-refractivity contribution in [3.63, 3.8) is 0 Å². The molecular formula is C17H20N2O2. The van der Waals surface area contributed by atoms with E-state index >= 15 is 0 Å². The lowest BCUT2D eigenvalue weighted by Gasteiger charge is -2.14. The predicted molar refractivity (Wildman–Crippen MR) is 85.6 cm³/mol. The second-order valence-corrected chi connectivity index (χ2v) is 5.24. The molecule has 0 aliphatic rings. The Bertz CT molecular complexity index is 624. The first-order chi connectivity index (χ1) is 10.1. The number of nitrogens with two attached hydrogens (primary N) is 1. The molecule has 0 aliphatic carbocycles. The van der Waals surface area contributed by atoms with Crippen LogP contribution in [0.15, 0.2) is 48.5 Å². The minimum Gasteiger partial charge on any atom is -0.491 e. The number of anilines is 2. The Labute approximate surface area is 124 Å². The molecule has 3 N–H and O–H groups in total. The summed E-state index contributed by atoms with van der Waals surface area (Å²) in [7, 11) is 0. The van der Waals surface area contributed by atoms with Gasteiger partial charge >= 0.3 is 0 Å². The quantitative estimate of drug-likeness (QED) is 0.825. The molecule has 0 saturated carbocycles. The van der Waals surface area contributed by atoms with E-state index in [1.807, 2.05) is 24.3 Å². The van der Waals surface area contributed by atoms with Gasteiger partial charge in [0.25, 0.3) is 5.91 Å². The van der Waals surface area contributed by atoms with Gasteiger partial charge in [0.05, 0.1) is 17.9 Å². The number of ether oxygens (including phenoxy) is 1. The van der Waals surface area contributed by atoms with Crippen molar-refractivity contribution >= 4 is 17.3 Å². The molecule has 2 aromatic rings. The van der Waals surface area contributed by atoms with Crippen LogP contribution in [-0.2, 0) is 0 Å². The fourth-order valence-electron chi connectivity index (χ4n) is 1.85. The molecule has 2 rings (SSSR count). The number of carbonyl (C=O) groups excluding carboxylic acids is 1. The second kappa shape index (κ2) is 6.79. The lowest BCUT2D eigenvalue weighted by Crippen LogP contribution is -2.15. The summed E-state index contributed by atoms with van der Waals surface area (Å²) < 4.78 is 5.72. The van der Waals surface area contributed by atoms with E-state index in [1.165, 1.54) is 0 Å². The van der Waals surface area contributed by atoms with Crippen LogP contribution in [0.25, 0.3) is 0 Å². The van der Waals surface area contributed by atoms with E-state index < -0.39 is 0 Å². The number of benzene rings is 2. The van der Waals surface area contributed by atoms with Gasteiger partial charge in [-0.15, -0.1) is 0 Å². The highest BCUT2D eigenvalue weighted by molar-refractivity contribution is 6.08. The Kier molecular flexibility index (Phi) is 4.82. The molecular weight excluding hydrogens is 264 g/mol. The maximum Gasteiger partial charge on any atom is 0.257 e. The minimum atomic E-state index is -0.242. The normalized spacial score (nSPS) is 10.4. The van der Waals surface area contributed by atoms with Crippen LogP contribution in [0.2, 0.25) is 0 Å². The van der Waals surface area contributed by atoms with Gasteiger partial charge in [0.15, 0.2) is 0 Å². The van der Waals surface area contributed by atoms with Crippen molar-refractivity contribution in [2.75, 3.05) is 17.7 Å². The zero-order chi connectivity index (χ0) is 15.2. The molecule has 0 aliphatic heterocycles. The van der Waals surface area contributed by atoms with Crippen molar-refractivity contribution < 1.29 is 9.53 Å². The summed E-state index contributed by atoms with van der Waals surface area (Å²) in [6, 6.07) is 14.4. The number of hydrogen-bond donors (Lipinski definition) is 2. The molecule has 4 nitrogen and oxygen atoms in total. The Morgan fingerprint density at radius 1 is 1.14 bits per heavy atom. The van der Waals surface area contributed by atoms with Crippen LogP contribution in [0.5, 0.6) is 5.75 Å². The molecule has 110 valence electrons. The molecule has 2 aromatic carbocycles. The molecule has 0 spiro atoms. The van der Waals surface area contributed by atoms with Crippen LogP contribution in [-0.4, -0.2) is 12.5 Å². The number of nitrogens with one attached hydrogen (secondary N) is 1. The molecule has 0 unspecified atom stereocenters. The Morgan fingerprint density at radius 3 is 2.52 bits per heavy atom. The number of para-hydroxylation sites is 3. The molecule has 0 aromatic heterocycles. The maximum absolute atomic E-state index is 12.3. The van der Waals surface area contributed by atoms with Gasteiger partial charge in [-0.25, -0.2) is 0 Å². The zero-order valence-corrected chi connectivity index (χ0v) is 12.3. The van der Waals surface area contributed by atoms with Crippen LogP contribution in [0.3, 0.4) is 0 Å². The van der Waals surface area contributed by atoms with Crippen molar-refractivity contribution in [1.29, 1.82) is 0 Å². The molecule has 0 radical (unpaired) electrons. The summed E-state index contributed by atoms with van der Waals surface area (Å²) in [5.41, 5.74) is 7.37. The van der Waals surface area contributed by atoms with Gasteiger partial charge in [-0.3, -0.25) is 4.79 Å². The SMILES string of the molecule is CC(C)COc1ccccc1NC(=O)c1ccccc1N. The number of nitrogen functional groups attached to an aromatic ring is 1. The van der Waals surface area contributed by atoms with Gasteiger partial charge in [-0.2, -0.15) is 0 Å². The summed E-state index contributed by atoms with van der Waals surface area (Å²) in [6.45, 7) is 4.75. The molecule has 0 saturated heterocycles. The van der Waals surface area contributed by atoms with E-state index in [9.17, 15) is 4.79 Å². The van der Waals surface area contributed by atoms with E-state index in [2.05, 4.69) is 19.2 Å². The smallest absolute Gasteiger partial charge is 0.257 e. The van der Waals surface area contributed by atoms with Crippen LogP contribution in [0.1, 0.15) is 24.2 Å². The number of rotatable bonds is 5. The van der Waals surface area contributed by atoms with E-state index in [1.54, 1.807) is 24.3 Å². The Balaban J connectivity index is 2.16. The first-order valence-corrected chi connectivity index (χ1v) is 6.95. The summed E-state index contributed by atoms with van der Waals surface area (Å²) in [6.07, 6.45) is 0. The molecule has 0 heterocycles. The fraction of sp³-hybridized carbons (Fsp3) is 0.235. The van der Waals surface area contributed by atoms with Crippen molar-refractivity contribution in [1.82, 2.24) is 0 Å². The van der Waals surface area contributed by atoms with E-state index in [0.717, 1.165) is 0 Å². The third-order valence-corrected chi connectivity index (χ3v) is 2.91. The number of hydrogen-bond acceptors (Lipinski definition) is 3. The Morgan fingerprint density at radius 2 is 1.81 bits per heavy atom. The molecule has 0 atom stereocenters. The third kappa shape index (κ3) is 3.99. The van der Waals surface area contributed by atoms with Gasteiger partial charge in [0.2, 0.25) is 0 Å². The van der Waals surface area contributed by atoms with E-state index in [-0.39, 0.29) is 5.91 Å². The standard InChI is InChI=1S/C17H20N2O2/c1-12(2)11-21-16-10-6-5-9-15(16)19-17(20)13-7-3-4-8-14(13)18/h3-10,12H,11,18H2,1-2H3,(H,19,20). The largest absolute Gasteiger partial charge is 0.491 e. The summed E-state index contributed by atoms with van der Waals surface area (Å²) in [5, 5.41) is 2.85. The molecule has 1 amide bonds. The topological polar surface area (TPSA) is 64.3 Å². The van der Waals surface area contributed by atoms with E-state index in [4.69, 9.17) is 10.5 Å². The molecule has 4 heteroatoms. The number of amides is 1. The van der Waals surface area contributed by atoms with Gasteiger partial charge in [-0.1, -0.05) is 38.1 Å².